The number of carbonyl (C=O) groups is 2. The van der Waals surface area contributed by atoms with E-state index < -0.39 is 0 Å². The van der Waals surface area contributed by atoms with E-state index in [4.69, 9.17) is 0 Å². The highest BCUT2D eigenvalue weighted by molar-refractivity contribution is 7.98. The molecule has 0 unspecified atom stereocenters. The number of likely N-dealkylation sites (tertiary alicyclic amines) is 1. The van der Waals surface area contributed by atoms with Gasteiger partial charge in [-0.15, -0.1) is 11.8 Å². The normalized spacial score (nSPS) is 19.0. The predicted molar refractivity (Wildman–Crippen MR) is 125 cm³/mol. The number of thioether (sulfide) groups is 1. The number of nitrogens with zero attached hydrogens (tertiary/aromatic N) is 2. The number of nitrogens with one attached hydrogen (secondary N) is 1. The molecule has 164 valence electrons. The molecular weight excluding hydrogens is 406 g/mol. The molecule has 2 aliphatic heterocycles. The molecule has 6 heteroatoms. The van der Waals surface area contributed by atoms with Crippen molar-refractivity contribution in [2.75, 3.05) is 32.4 Å². The molecule has 1 N–H and O–H groups in total. The largest absolute Gasteiger partial charge is 0.351 e. The molecule has 0 aromatic heterocycles. The Bertz CT molecular complexity index is 909. The molecule has 5 nitrogen and oxygen atoms in total. The Kier molecular flexibility index (Phi) is 7.30. The molecular formula is C25H31N3O2S. The maximum atomic E-state index is 13.5. The zero-order valence-corrected chi connectivity index (χ0v) is 19.0. The van der Waals surface area contributed by atoms with Crippen LogP contribution in [0.2, 0.25) is 0 Å². The minimum absolute atomic E-state index is 0.0373. The zero-order chi connectivity index (χ0) is 21.6. The molecule has 0 radical (unpaired) electrons. The minimum atomic E-state index is -0.366. The third-order valence-corrected chi connectivity index (χ3v) is 7.02. The zero-order valence-electron chi connectivity index (χ0n) is 18.2. The monoisotopic (exact) mass is 437 g/mol. The molecule has 2 aromatic carbocycles. The Hall–Kier alpha value is -2.31. The number of hydrogen-bond acceptors (Lipinski definition) is 4. The number of amides is 2. The fourth-order valence-corrected chi connectivity index (χ4v) is 4.96. The van der Waals surface area contributed by atoms with Crippen LogP contribution in [0.1, 0.15) is 42.0 Å². The van der Waals surface area contributed by atoms with Crippen LogP contribution in [0, 0.1) is 0 Å². The van der Waals surface area contributed by atoms with Gasteiger partial charge in [-0.2, -0.15) is 0 Å². The summed E-state index contributed by atoms with van der Waals surface area (Å²) in [5, 5.41) is 3.03. The lowest BCUT2D eigenvalue weighted by Crippen LogP contribution is -2.50. The van der Waals surface area contributed by atoms with Crippen molar-refractivity contribution in [1.82, 2.24) is 15.1 Å². The average molecular weight is 438 g/mol. The van der Waals surface area contributed by atoms with E-state index in [0.717, 1.165) is 50.0 Å². The standard InChI is InChI=1S/C25H31N3O2S/c1-31-21-11-9-19(10-12-21)17-26-23(29)18-28-16-13-20-7-3-4-8-22(20)24(28)25(30)27-14-5-2-6-15-27/h3-4,7-12,24H,2,5-6,13-18H2,1H3,(H,26,29)/t24-/m1/s1. The highest BCUT2D eigenvalue weighted by Crippen LogP contribution is 2.32. The maximum Gasteiger partial charge on any atom is 0.244 e. The summed E-state index contributed by atoms with van der Waals surface area (Å²) in [5.41, 5.74) is 3.37. The van der Waals surface area contributed by atoms with Gasteiger partial charge in [-0.3, -0.25) is 14.5 Å². The number of hydrogen-bond donors (Lipinski definition) is 1. The molecule has 0 spiro atoms. The number of benzene rings is 2. The van der Waals surface area contributed by atoms with Crippen LogP contribution in [0.25, 0.3) is 0 Å². The number of rotatable bonds is 6. The van der Waals surface area contributed by atoms with Gasteiger partial charge in [0.25, 0.3) is 0 Å². The molecule has 0 aliphatic carbocycles. The van der Waals surface area contributed by atoms with Gasteiger partial charge in [0, 0.05) is 31.1 Å². The molecule has 1 saturated heterocycles. The summed E-state index contributed by atoms with van der Waals surface area (Å²) in [4.78, 5) is 31.5. The second-order valence-corrected chi connectivity index (χ2v) is 9.21. The van der Waals surface area contributed by atoms with Crippen LogP contribution >= 0.6 is 11.8 Å². The summed E-state index contributed by atoms with van der Waals surface area (Å²) in [5.74, 6) is 0.108. The summed E-state index contributed by atoms with van der Waals surface area (Å²) in [6.07, 6.45) is 6.24. The van der Waals surface area contributed by atoms with E-state index in [1.165, 1.54) is 16.9 Å². The lowest BCUT2D eigenvalue weighted by atomic mass is 9.91. The molecule has 2 amide bonds. The van der Waals surface area contributed by atoms with E-state index in [2.05, 4.69) is 40.7 Å². The maximum absolute atomic E-state index is 13.5. The first kappa shape index (κ1) is 21.9. The van der Waals surface area contributed by atoms with Crippen LogP contribution < -0.4 is 5.32 Å². The van der Waals surface area contributed by atoms with E-state index >= 15 is 0 Å². The van der Waals surface area contributed by atoms with Crippen LogP contribution in [0.15, 0.2) is 53.4 Å². The molecule has 4 rings (SSSR count). The Morgan fingerprint density at radius 2 is 1.74 bits per heavy atom. The Morgan fingerprint density at radius 1 is 1.00 bits per heavy atom. The molecule has 0 saturated carbocycles. The van der Waals surface area contributed by atoms with Crippen molar-refractivity contribution in [3.8, 4) is 0 Å². The summed E-state index contributed by atoms with van der Waals surface area (Å²) >= 11 is 1.70. The number of fused-ring (bicyclic) bond motifs is 1. The third kappa shape index (κ3) is 5.31. The van der Waals surface area contributed by atoms with Crippen LogP contribution in [-0.2, 0) is 22.6 Å². The lowest BCUT2D eigenvalue weighted by molar-refractivity contribution is -0.139. The van der Waals surface area contributed by atoms with Gasteiger partial charge < -0.3 is 10.2 Å². The first-order valence-corrected chi connectivity index (χ1v) is 12.4. The summed E-state index contributed by atoms with van der Waals surface area (Å²) in [6.45, 7) is 3.11. The SMILES string of the molecule is CSc1ccc(CNC(=O)CN2CCc3ccccc3[C@@H]2C(=O)N2CCCCC2)cc1. The minimum Gasteiger partial charge on any atom is -0.351 e. The van der Waals surface area contributed by atoms with Crippen molar-refractivity contribution in [3.63, 3.8) is 0 Å². The molecule has 31 heavy (non-hydrogen) atoms. The molecule has 2 heterocycles. The molecule has 2 aliphatic rings. The van der Waals surface area contributed by atoms with Gasteiger partial charge in [-0.05, 0) is 60.8 Å². The Labute approximate surface area is 189 Å². The average Bonchev–Trinajstić information content (AvgIpc) is 2.83. The second-order valence-electron chi connectivity index (χ2n) is 8.33. The van der Waals surface area contributed by atoms with Crippen LogP contribution in [0.5, 0.6) is 0 Å². The van der Waals surface area contributed by atoms with Gasteiger partial charge in [0.05, 0.1) is 6.54 Å². The van der Waals surface area contributed by atoms with Crippen molar-refractivity contribution < 1.29 is 9.59 Å². The van der Waals surface area contributed by atoms with Gasteiger partial charge in [0.15, 0.2) is 0 Å². The summed E-state index contributed by atoms with van der Waals surface area (Å²) in [7, 11) is 0. The smallest absolute Gasteiger partial charge is 0.244 e. The number of piperidine rings is 1. The van der Waals surface area contributed by atoms with Gasteiger partial charge in [0.1, 0.15) is 6.04 Å². The van der Waals surface area contributed by atoms with E-state index in [1.807, 2.05) is 29.2 Å². The predicted octanol–water partition coefficient (Wildman–Crippen LogP) is 3.64. The van der Waals surface area contributed by atoms with Crippen molar-refractivity contribution >= 4 is 23.6 Å². The molecule has 2 aromatic rings. The molecule has 1 atom stereocenters. The quantitative estimate of drug-likeness (QED) is 0.701. The Balaban J connectivity index is 1.44. The summed E-state index contributed by atoms with van der Waals surface area (Å²) < 4.78 is 0. The summed E-state index contributed by atoms with van der Waals surface area (Å²) in [6, 6.07) is 16.1. The highest BCUT2D eigenvalue weighted by Gasteiger charge is 2.36. The van der Waals surface area contributed by atoms with Crippen molar-refractivity contribution in [2.24, 2.45) is 0 Å². The Morgan fingerprint density at radius 3 is 2.48 bits per heavy atom. The third-order valence-electron chi connectivity index (χ3n) is 6.28. The van der Waals surface area contributed by atoms with Gasteiger partial charge in [-0.1, -0.05) is 36.4 Å². The van der Waals surface area contributed by atoms with Gasteiger partial charge in [-0.25, -0.2) is 0 Å². The van der Waals surface area contributed by atoms with Crippen LogP contribution in [0.3, 0.4) is 0 Å². The first-order valence-electron chi connectivity index (χ1n) is 11.2. The fraction of sp³-hybridized carbons (Fsp3) is 0.440. The number of carbonyl (C=O) groups excluding carboxylic acids is 2. The molecule has 1 fully saturated rings. The van der Waals surface area contributed by atoms with Crippen molar-refractivity contribution in [2.45, 2.75) is 43.2 Å². The van der Waals surface area contributed by atoms with E-state index in [9.17, 15) is 9.59 Å². The van der Waals surface area contributed by atoms with E-state index in [-0.39, 0.29) is 24.4 Å². The fourth-order valence-electron chi connectivity index (χ4n) is 4.55. The second kappa shape index (κ2) is 10.3. The topological polar surface area (TPSA) is 52.7 Å². The van der Waals surface area contributed by atoms with Gasteiger partial charge in [0.2, 0.25) is 11.8 Å². The first-order chi connectivity index (χ1) is 15.2. The van der Waals surface area contributed by atoms with Crippen molar-refractivity contribution in [3.05, 3.63) is 65.2 Å². The van der Waals surface area contributed by atoms with Crippen molar-refractivity contribution in [1.29, 1.82) is 0 Å². The van der Waals surface area contributed by atoms with E-state index in [1.54, 1.807) is 11.8 Å². The lowest BCUT2D eigenvalue weighted by Gasteiger charge is -2.39. The van der Waals surface area contributed by atoms with Crippen LogP contribution in [0.4, 0.5) is 0 Å². The highest BCUT2D eigenvalue weighted by atomic mass is 32.2. The van der Waals surface area contributed by atoms with Crippen LogP contribution in [-0.4, -0.2) is 54.0 Å². The van der Waals surface area contributed by atoms with E-state index in [0.29, 0.717) is 6.54 Å². The van der Waals surface area contributed by atoms with Gasteiger partial charge >= 0.3 is 0 Å². The molecule has 0 bridgehead atoms.